The highest BCUT2D eigenvalue weighted by atomic mass is 16.4. The summed E-state index contributed by atoms with van der Waals surface area (Å²) in [6.07, 6.45) is 3.52. The molecule has 2 atom stereocenters. The summed E-state index contributed by atoms with van der Waals surface area (Å²) in [5.41, 5.74) is 3.11. The Morgan fingerprint density at radius 2 is 1.72 bits per heavy atom. The molecule has 3 aromatic rings. The summed E-state index contributed by atoms with van der Waals surface area (Å²) >= 11 is 0. The Bertz CT molecular complexity index is 999. The third-order valence-corrected chi connectivity index (χ3v) is 5.36. The van der Waals surface area contributed by atoms with E-state index in [0.29, 0.717) is 37.1 Å². The number of aromatic nitrogens is 2. The normalized spacial score (nSPS) is 18.5. The van der Waals surface area contributed by atoms with E-state index in [4.69, 9.17) is 0 Å². The summed E-state index contributed by atoms with van der Waals surface area (Å²) < 4.78 is 1.78. The first-order valence-corrected chi connectivity index (χ1v) is 9.80. The summed E-state index contributed by atoms with van der Waals surface area (Å²) in [5.74, 6) is -1.38. The number of hydrogen-bond acceptors (Lipinski definition) is 3. The van der Waals surface area contributed by atoms with E-state index in [9.17, 15) is 14.7 Å². The van der Waals surface area contributed by atoms with Gasteiger partial charge in [0, 0.05) is 17.8 Å². The number of nitrogens with one attached hydrogen (secondary N) is 1. The molecule has 4 rings (SSSR count). The highest BCUT2D eigenvalue weighted by Gasteiger charge is 2.31. The fraction of sp³-hybridized carbons (Fsp3) is 0.261. The number of benzene rings is 2. The van der Waals surface area contributed by atoms with Crippen LogP contribution in [0.2, 0.25) is 0 Å². The van der Waals surface area contributed by atoms with E-state index in [1.165, 1.54) is 0 Å². The van der Waals surface area contributed by atoms with Gasteiger partial charge in [-0.2, -0.15) is 5.10 Å². The van der Waals surface area contributed by atoms with Crippen molar-refractivity contribution < 1.29 is 14.7 Å². The van der Waals surface area contributed by atoms with Crippen molar-refractivity contribution in [1.29, 1.82) is 0 Å². The average Bonchev–Trinajstić information content (AvgIpc) is 3.37. The largest absolute Gasteiger partial charge is 0.481 e. The Morgan fingerprint density at radius 3 is 2.38 bits per heavy atom. The Morgan fingerprint density at radius 1 is 1.03 bits per heavy atom. The van der Waals surface area contributed by atoms with E-state index in [0.717, 1.165) is 11.1 Å². The van der Waals surface area contributed by atoms with Crippen LogP contribution in [0.4, 0.5) is 0 Å². The molecule has 1 amide bonds. The molecule has 29 heavy (non-hydrogen) atoms. The number of carbonyl (C=O) groups is 2. The number of nitrogens with zero attached hydrogens (tertiary/aromatic N) is 2. The third-order valence-electron chi connectivity index (χ3n) is 5.36. The maximum atomic E-state index is 13.0. The van der Waals surface area contributed by atoms with Crippen LogP contribution in [-0.2, 0) is 11.3 Å². The number of carbonyl (C=O) groups excluding carboxylic acids is 1. The molecule has 1 aromatic heterocycles. The Balaban J connectivity index is 1.59. The van der Waals surface area contributed by atoms with Crippen molar-refractivity contribution in [3.63, 3.8) is 0 Å². The maximum Gasteiger partial charge on any atom is 0.306 e. The molecule has 1 heterocycles. The fourth-order valence-corrected chi connectivity index (χ4v) is 3.85. The average molecular weight is 389 g/mol. The molecule has 0 spiro atoms. The molecule has 1 aliphatic rings. The molecule has 0 bridgehead atoms. The van der Waals surface area contributed by atoms with Crippen LogP contribution in [0, 0.1) is 5.92 Å². The number of carboxylic acids is 1. The van der Waals surface area contributed by atoms with E-state index in [1.54, 1.807) is 10.9 Å². The zero-order chi connectivity index (χ0) is 20.2. The second-order valence-corrected chi connectivity index (χ2v) is 7.46. The van der Waals surface area contributed by atoms with Crippen LogP contribution in [0.25, 0.3) is 11.3 Å². The lowest BCUT2D eigenvalue weighted by atomic mass is 10.1. The van der Waals surface area contributed by atoms with E-state index in [1.807, 2.05) is 60.7 Å². The Kier molecular flexibility index (Phi) is 5.42. The van der Waals surface area contributed by atoms with E-state index < -0.39 is 5.97 Å². The van der Waals surface area contributed by atoms with Crippen molar-refractivity contribution in [3.8, 4) is 11.3 Å². The minimum absolute atomic E-state index is 0.121. The van der Waals surface area contributed by atoms with Crippen molar-refractivity contribution in [2.24, 2.45) is 5.92 Å². The van der Waals surface area contributed by atoms with Crippen LogP contribution in [0.1, 0.15) is 35.2 Å². The second kappa shape index (κ2) is 8.31. The van der Waals surface area contributed by atoms with Gasteiger partial charge in [0.1, 0.15) is 5.69 Å². The molecule has 1 fully saturated rings. The summed E-state index contributed by atoms with van der Waals surface area (Å²) in [4.78, 5) is 24.2. The molecule has 0 radical (unpaired) electrons. The molecular weight excluding hydrogens is 366 g/mol. The monoisotopic (exact) mass is 389 g/mol. The van der Waals surface area contributed by atoms with Crippen LogP contribution < -0.4 is 5.32 Å². The standard InChI is InChI=1S/C23H23N3O3/c27-22(24-19-12-11-18(13-19)23(28)29)20-15-26(14-16-7-3-1-4-8-16)25-21(20)17-9-5-2-6-10-17/h1-10,15,18-19H,11-14H2,(H,24,27)(H,28,29)/t18-,19+/m0/s1. The van der Waals surface area contributed by atoms with Gasteiger partial charge in [-0.3, -0.25) is 14.3 Å². The summed E-state index contributed by atoms with van der Waals surface area (Å²) in [7, 11) is 0. The van der Waals surface area contributed by atoms with Crippen LogP contribution in [0.15, 0.2) is 66.9 Å². The lowest BCUT2D eigenvalue weighted by molar-refractivity contribution is -0.141. The number of aliphatic carboxylic acids is 1. The SMILES string of the molecule is O=C(N[C@@H]1CC[C@H](C(=O)O)C1)c1cn(Cc2ccccc2)nc1-c1ccccc1. The zero-order valence-corrected chi connectivity index (χ0v) is 16.0. The molecule has 0 aliphatic heterocycles. The molecule has 148 valence electrons. The lowest BCUT2D eigenvalue weighted by Gasteiger charge is -2.12. The van der Waals surface area contributed by atoms with Crippen molar-refractivity contribution in [2.45, 2.75) is 31.8 Å². The minimum Gasteiger partial charge on any atom is -0.481 e. The summed E-state index contributed by atoms with van der Waals surface area (Å²) in [6.45, 7) is 0.568. The van der Waals surface area contributed by atoms with Crippen molar-refractivity contribution in [1.82, 2.24) is 15.1 Å². The first kappa shape index (κ1) is 18.9. The van der Waals surface area contributed by atoms with Crippen LogP contribution >= 0.6 is 0 Å². The van der Waals surface area contributed by atoms with Crippen molar-refractivity contribution >= 4 is 11.9 Å². The minimum atomic E-state index is -0.789. The summed E-state index contributed by atoms with van der Waals surface area (Å²) in [6, 6.07) is 19.5. The van der Waals surface area contributed by atoms with E-state index >= 15 is 0 Å². The van der Waals surface area contributed by atoms with Gasteiger partial charge >= 0.3 is 5.97 Å². The first-order valence-electron chi connectivity index (χ1n) is 9.80. The van der Waals surface area contributed by atoms with E-state index in [2.05, 4.69) is 10.4 Å². The highest BCUT2D eigenvalue weighted by molar-refractivity contribution is 6.00. The van der Waals surface area contributed by atoms with Gasteiger partial charge in [0.15, 0.2) is 0 Å². The molecule has 2 aromatic carbocycles. The molecule has 6 nitrogen and oxygen atoms in total. The topological polar surface area (TPSA) is 84.2 Å². The van der Waals surface area contributed by atoms with Gasteiger partial charge < -0.3 is 10.4 Å². The van der Waals surface area contributed by atoms with Crippen LogP contribution in [-0.4, -0.2) is 32.8 Å². The maximum absolute atomic E-state index is 13.0. The van der Waals surface area contributed by atoms with Crippen LogP contribution in [0.5, 0.6) is 0 Å². The fourth-order valence-electron chi connectivity index (χ4n) is 3.85. The summed E-state index contributed by atoms with van der Waals surface area (Å²) in [5, 5.41) is 16.9. The van der Waals surface area contributed by atoms with Crippen molar-refractivity contribution in [2.75, 3.05) is 0 Å². The van der Waals surface area contributed by atoms with Crippen molar-refractivity contribution in [3.05, 3.63) is 78.0 Å². The number of hydrogen-bond donors (Lipinski definition) is 2. The van der Waals surface area contributed by atoms with Gasteiger partial charge in [-0.25, -0.2) is 0 Å². The number of amides is 1. The molecule has 1 saturated carbocycles. The van der Waals surface area contributed by atoms with Gasteiger partial charge in [0.2, 0.25) is 0 Å². The lowest BCUT2D eigenvalue weighted by Crippen LogP contribution is -2.33. The second-order valence-electron chi connectivity index (χ2n) is 7.46. The predicted octanol–water partition coefficient (Wildman–Crippen LogP) is 3.58. The van der Waals surface area contributed by atoms with Crippen LogP contribution in [0.3, 0.4) is 0 Å². The number of carboxylic acid groups (broad SMARTS) is 1. The van der Waals surface area contributed by atoms with Gasteiger partial charge in [-0.15, -0.1) is 0 Å². The molecule has 0 unspecified atom stereocenters. The molecular formula is C23H23N3O3. The predicted molar refractivity (Wildman–Crippen MR) is 109 cm³/mol. The molecule has 0 saturated heterocycles. The first-order chi connectivity index (χ1) is 14.1. The van der Waals surface area contributed by atoms with Gasteiger partial charge in [0.25, 0.3) is 5.91 Å². The molecule has 1 aliphatic carbocycles. The van der Waals surface area contributed by atoms with Gasteiger partial charge in [0.05, 0.1) is 18.0 Å². The smallest absolute Gasteiger partial charge is 0.306 e. The number of rotatable bonds is 6. The Labute approximate surface area is 169 Å². The quantitative estimate of drug-likeness (QED) is 0.675. The Hall–Kier alpha value is -3.41. The molecule has 6 heteroatoms. The molecule has 2 N–H and O–H groups in total. The van der Waals surface area contributed by atoms with E-state index in [-0.39, 0.29) is 17.9 Å². The van der Waals surface area contributed by atoms with Gasteiger partial charge in [-0.05, 0) is 24.8 Å². The highest BCUT2D eigenvalue weighted by Crippen LogP contribution is 2.27. The third kappa shape index (κ3) is 4.37. The van der Waals surface area contributed by atoms with Gasteiger partial charge in [-0.1, -0.05) is 60.7 Å². The zero-order valence-electron chi connectivity index (χ0n) is 16.0.